The zero-order chi connectivity index (χ0) is 22.8. The third kappa shape index (κ3) is 7.07. The Labute approximate surface area is 192 Å². The van der Waals surface area contributed by atoms with Gasteiger partial charge in [-0.3, -0.25) is 4.79 Å². The molecule has 6 nitrogen and oxygen atoms in total. The average Bonchev–Trinajstić information content (AvgIpc) is 3.10. The van der Waals surface area contributed by atoms with Crippen LogP contribution < -0.4 is 10.1 Å². The Kier molecular flexibility index (Phi) is 9.11. The second-order valence-corrected chi connectivity index (χ2v) is 10.1. The van der Waals surface area contributed by atoms with Crippen LogP contribution in [0.5, 0.6) is 5.75 Å². The molecule has 1 saturated heterocycles. The first-order chi connectivity index (χ1) is 15.5. The van der Waals surface area contributed by atoms with Crippen LogP contribution in [0.1, 0.15) is 50.2 Å². The first-order valence-corrected chi connectivity index (χ1v) is 13.0. The predicted molar refractivity (Wildman–Crippen MR) is 126 cm³/mol. The molecule has 2 aromatic rings. The molecule has 0 saturated carbocycles. The number of rotatable bonds is 10. The van der Waals surface area contributed by atoms with Crippen molar-refractivity contribution in [3.8, 4) is 5.75 Å². The molecule has 174 valence electrons. The fourth-order valence-electron chi connectivity index (χ4n) is 3.78. The Balaban J connectivity index is 1.39. The minimum absolute atomic E-state index is 0.0597. The minimum Gasteiger partial charge on any atom is -0.493 e. The second-order valence-electron chi connectivity index (χ2n) is 8.16. The number of hydrogen-bond acceptors (Lipinski definition) is 4. The lowest BCUT2D eigenvalue weighted by Crippen LogP contribution is -2.31. The molecule has 0 atom stereocenters. The van der Waals surface area contributed by atoms with Crippen LogP contribution in [0.4, 0.5) is 0 Å². The summed E-state index contributed by atoms with van der Waals surface area (Å²) in [7, 11) is -3.42. The first-order valence-electron chi connectivity index (χ1n) is 11.6. The maximum absolute atomic E-state index is 12.8. The van der Waals surface area contributed by atoms with Crippen molar-refractivity contribution in [2.24, 2.45) is 0 Å². The van der Waals surface area contributed by atoms with Crippen molar-refractivity contribution in [1.82, 2.24) is 9.62 Å². The fraction of sp³-hybridized carbons (Fsp3) is 0.480. The highest BCUT2D eigenvalue weighted by Gasteiger charge is 2.24. The fourth-order valence-corrected chi connectivity index (χ4v) is 5.29. The SMILES string of the molecule is CCc1ccc(OCCC(=O)NCCc2ccc(S(=O)(=O)N3CCCCCC3)cc2)cc1. The summed E-state index contributed by atoms with van der Waals surface area (Å²) in [6.45, 7) is 4.14. The van der Waals surface area contributed by atoms with Crippen LogP contribution in [-0.4, -0.2) is 44.9 Å². The molecule has 2 aromatic carbocycles. The van der Waals surface area contributed by atoms with E-state index in [1.807, 2.05) is 36.4 Å². The van der Waals surface area contributed by atoms with Gasteiger partial charge in [0.1, 0.15) is 5.75 Å². The summed E-state index contributed by atoms with van der Waals surface area (Å²) in [5.74, 6) is 0.709. The van der Waals surface area contributed by atoms with E-state index in [9.17, 15) is 13.2 Å². The van der Waals surface area contributed by atoms with Gasteiger partial charge in [0.25, 0.3) is 0 Å². The summed E-state index contributed by atoms with van der Waals surface area (Å²) < 4.78 is 32.9. The van der Waals surface area contributed by atoms with Crippen molar-refractivity contribution in [3.63, 3.8) is 0 Å². The molecule has 7 heteroatoms. The molecule has 0 radical (unpaired) electrons. The van der Waals surface area contributed by atoms with Gasteiger partial charge < -0.3 is 10.1 Å². The summed E-state index contributed by atoms with van der Waals surface area (Å²) in [6, 6.07) is 14.9. The monoisotopic (exact) mass is 458 g/mol. The molecule has 1 N–H and O–H groups in total. The lowest BCUT2D eigenvalue weighted by atomic mass is 10.1. The summed E-state index contributed by atoms with van der Waals surface area (Å²) in [5.41, 5.74) is 2.25. The number of amides is 1. The van der Waals surface area contributed by atoms with Crippen LogP contribution in [0, 0.1) is 0 Å². The maximum Gasteiger partial charge on any atom is 0.243 e. The summed E-state index contributed by atoms with van der Waals surface area (Å²) in [5, 5.41) is 2.89. The highest BCUT2D eigenvalue weighted by molar-refractivity contribution is 7.89. The Hall–Kier alpha value is -2.38. The smallest absolute Gasteiger partial charge is 0.243 e. The number of nitrogens with one attached hydrogen (secondary N) is 1. The maximum atomic E-state index is 12.8. The van der Waals surface area contributed by atoms with E-state index in [-0.39, 0.29) is 5.91 Å². The largest absolute Gasteiger partial charge is 0.493 e. The molecule has 0 aliphatic carbocycles. The molecule has 1 amide bonds. The Bertz CT molecular complexity index is 948. The Morgan fingerprint density at radius 3 is 2.19 bits per heavy atom. The zero-order valence-corrected chi connectivity index (χ0v) is 19.7. The number of aryl methyl sites for hydroxylation is 1. The van der Waals surface area contributed by atoms with Gasteiger partial charge >= 0.3 is 0 Å². The highest BCUT2D eigenvalue weighted by atomic mass is 32.2. The topological polar surface area (TPSA) is 75.7 Å². The number of hydrogen-bond donors (Lipinski definition) is 1. The predicted octanol–water partition coefficient (Wildman–Crippen LogP) is 3.94. The van der Waals surface area contributed by atoms with E-state index >= 15 is 0 Å². The second kappa shape index (κ2) is 12.0. The van der Waals surface area contributed by atoms with E-state index in [4.69, 9.17) is 4.74 Å². The standard InChI is InChI=1S/C25H34N2O4S/c1-2-21-7-11-23(12-8-21)31-20-16-25(28)26-17-15-22-9-13-24(14-10-22)32(29,30)27-18-5-3-4-6-19-27/h7-14H,2-6,15-20H2,1H3,(H,26,28). The molecule has 0 aromatic heterocycles. The van der Waals surface area contributed by atoms with Gasteiger partial charge in [-0.15, -0.1) is 0 Å². The van der Waals surface area contributed by atoms with E-state index in [1.54, 1.807) is 16.4 Å². The zero-order valence-electron chi connectivity index (χ0n) is 18.9. The van der Waals surface area contributed by atoms with Crippen molar-refractivity contribution in [2.75, 3.05) is 26.2 Å². The Morgan fingerprint density at radius 2 is 1.56 bits per heavy atom. The van der Waals surface area contributed by atoms with E-state index < -0.39 is 10.0 Å². The third-order valence-electron chi connectivity index (χ3n) is 5.79. The highest BCUT2D eigenvalue weighted by Crippen LogP contribution is 2.20. The van der Waals surface area contributed by atoms with E-state index in [0.29, 0.717) is 44.0 Å². The van der Waals surface area contributed by atoms with Crippen molar-refractivity contribution in [3.05, 3.63) is 59.7 Å². The Morgan fingerprint density at radius 1 is 0.938 bits per heavy atom. The summed E-state index contributed by atoms with van der Waals surface area (Å²) in [6.07, 6.45) is 5.96. The molecule has 0 unspecified atom stereocenters. The van der Waals surface area contributed by atoms with Gasteiger partial charge in [-0.25, -0.2) is 8.42 Å². The van der Waals surface area contributed by atoms with Crippen LogP contribution in [0.2, 0.25) is 0 Å². The molecule has 1 aliphatic heterocycles. The third-order valence-corrected chi connectivity index (χ3v) is 7.70. The molecule has 1 heterocycles. The van der Waals surface area contributed by atoms with E-state index in [0.717, 1.165) is 43.4 Å². The number of ether oxygens (including phenoxy) is 1. The molecule has 1 aliphatic rings. The van der Waals surface area contributed by atoms with Crippen LogP contribution in [0.15, 0.2) is 53.4 Å². The lowest BCUT2D eigenvalue weighted by Gasteiger charge is -2.20. The van der Waals surface area contributed by atoms with E-state index in [2.05, 4.69) is 12.2 Å². The van der Waals surface area contributed by atoms with Gasteiger partial charge in [0.2, 0.25) is 15.9 Å². The quantitative estimate of drug-likeness (QED) is 0.585. The number of nitrogens with zero attached hydrogens (tertiary/aromatic N) is 1. The number of carbonyl (C=O) groups excluding carboxylic acids is 1. The van der Waals surface area contributed by atoms with Gasteiger partial charge in [0, 0.05) is 19.6 Å². The normalized spacial score (nSPS) is 15.2. The van der Waals surface area contributed by atoms with Crippen LogP contribution in [0.3, 0.4) is 0 Å². The number of benzene rings is 2. The van der Waals surface area contributed by atoms with Crippen LogP contribution >= 0.6 is 0 Å². The van der Waals surface area contributed by atoms with Crippen molar-refractivity contribution in [1.29, 1.82) is 0 Å². The molecular formula is C25H34N2O4S. The first kappa shape index (κ1) is 24.3. The van der Waals surface area contributed by atoms with Crippen molar-refractivity contribution in [2.45, 2.75) is 56.8 Å². The van der Waals surface area contributed by atoms with Crippen molar-refractivity contribution >= 4 is 15.9 Å². The molecule has 3 rings (SSSR count). The molecular weight excluding hydrogens is 424 g/mol. The molecule has 32 heavy (non-hydrogen) atoms. The molecule has 0 spiro atoms. The van der Waals surface area contributed by atoms with Crippen LogP contribution in [0.25, 0.3) is 0 Å². The van der Waals surface area contributed by atoms with Crippen molar-refractivity contribution < 1.29 is 17.9 Å². The summed E-state index contributed by atoms with van der Waals surface area (Å²) >= 11 is 0. The van der Waals surface area contributed by atoms with Crippen LogP contribution in [-0.2, 0) is 27.7 Å². The molecule has 1 fully saturated rings. The number of sulfonamides is 1. The van der Waals surface area contributed by atoms with Gasteiger partial charge in [-0.05, 0) is 61.1 Å². The van der Waals surface area contributed by atoms with Gasteiger partial charge in [0.05, 0.1) is 17.9 Å². The number of carbonyl (C=O) groups is 1. The summed E-state index contributed by atoms with van der Waals surface area (Å²) in [4.78, 5) is 12.4. The van der Waals surface area contributed by atoms with Gasteiger partial charge in [-0.2, -0.15) is 4.31 Å². The van der Waals surface area contributed by atoms with Gasteiger partial charge in [0.15, 0.2) is 0 Å². The van der Waals surface area contributed by atoms with Gasteiger partial charge in [-0.1, -0.05) is 44.0 Å². The molecule has 0 bridgehead atoms. The lowest BCUT2D eigenvalue weighted by molar-refractivity contribution is -0.121. The minimum atomic E-state index is -3.42. The average molecular weight is 459 g/mol. The van der Waals surface area contributed by atoms with E-state index in [1.165, 1.54) is 5.56 Å².